The molecule has 1 aromatic rings. The monoisotopic (exact) mass is 353 g/mol. The van der Waals surface area contributed by atoms with E-state index in [-0.39, 0.29) is 29.4 Å². The normalized spacial score (nSPS) is 11.2. The van der Waals surface area contributed by atoms with Crippen LogP contribution in [0.15, 0.2) is 16.6 Å². The van der Waals surface area contributed by atoms with Gasteiger partial charge in [-0.3, -0.25) is 9.59 Å². The van der Waals surface area contributed by atoms with Crippen molar-refractivity contribution in [1.82, 2.24) is 4.98 Å². The zero-order chi connectivity index (χ0) is 15.3. The zero-order valence-corrected chi connectivity index (χ0v) is 12.0. The summed E-state index contributed by atoms with van der Waals surface area (Å²) in [6, 6.07) is 1.92. The fourth-order valence-corrected chi connectivity index (χ4v) is 1.85. The Hall–Kier alpha value is -1.44. The molecule has 0 spiro atoms. The quantitative estimate of drug-likeness (QED) is 0.601. The van der Waals surface area contributed by atoms with Gasteiger partial charge in [-0.1, -0.05) is 0 Å². The number of methoxy groups -OCH3 is 1. The molecule has 0 aromatic carbocycles. The molecule has 0 saturated heterocycles. The number of pyridine rings is 1. The molecular formula is C12H11BrF3NO3. The third kappa shape index (κ3) is 4.59. The molecule has 0 fully saturated rings. The second-order valence-corrected chi connectivity index (χ2v) is 4.73. The zero-order valence-electron chi connectivity index (χ0n) is 10.5. The number of aromatic nitrogens is 1. The van der Waals surface area contributed by atoms with Crippen molar-refractivity contribution in [3.05, 3.63) is 28.0 Å². The van der Waals surface area contributed by atoms with E-state index in [0.717, 1.165) is 12.1 Å². The molecule has 0 radical (unpaired) electrons. The summed E-state index contributed by atoms with van der Waals surface area (Å²) in [5.74, 6) is -1.04. The Balaban J connectivity index is 2.79. The maximum Gasteiger partial charge on any atom is 0.433 e. The highest BCUT2D eigenvalue weighted by Crippen LogP contribution is 2.29. The number of nitrogens with zero attached hydrogens (tertiary/aromatic N) is 1. The highest BCUT2D eigenvalue weighted by Gasteiger charge is 2.33. The van der Waals surface area contributed by atoms with Crippen LogP contribution < -0.4 is 0 Å². The Labute approximate surface area is 121 Å². The van der Waals surface area contributed by atoms with Gasteiger partial charge in [0.1, 0.15) is 11.4 Å². The van der Waals surface area contributed by atoms with Crippen LogP contribution >= 0.6 is 15.9 Å². The standard InChI is InChI=1S/C12H11BrF3NO3/c1-20-10(19)4-2-3-8(18)11-7(13)5-6-9(17-11)12(14,15)16/h5-6H,2-4H2,1H3. The maximum absolute atomic E-state index is 12.5. The molecule has 0 amide bonds. The van der Waals surface area contributed by atoms with Crippen molar-refractivity contribution in [3.63, 3.8) is 0 Å². The van der Waals surface area contributed by atoms with Gasteiger partial charge in [-0.25, -0.2) is 4.98 Å². The van der Waals surface area contributed by atoms with E-state index in [1.165, 1.54) is 7.11 Å². The van der Waals surface area contributed by atoms with Gasteiger partial charge in [-0.2, -0.15) is 13.2 Å². The SMILES string of the molecule is COC(=O)CCCC(=O)c1nc(C(F)(F)F)ccc1Br. The van der Waals surface area contributed by atoms with Crippen molar-refractivity contribution >= 4 is 27.7 Å². The lowest BCUT2D eigenvalue weighted by Gasteiger charge is -2.08. The first-order valence-electron chi connectivity index (χ1n) is 5.59. The van der Waals surface area contributed by atoms with E-state index < -0.39 is 23.6 Å². The van der Waals surface area contributed by atoms with Crippen LogP contribution in [-0.2, 0) is 15.7 Å². The van der Waals surface area contributed by atoms with Crippen molar-refractivity contribution in [3.8, 4) is 0 Å². The molecule has 0 atom stereocenters. The van der Waals surface area contributed by atoms with Crippen LogP contribution in [0.5, 0.6) is 0 Å². The second kappa shape index (κ2) is 6.83. The van der Waals surface area contributed by atoms with Crippen LogP contribution in [0.1, 0.15) is 35.4 Å². The number of halogens is 4. The van der Waals surface area contributed by atoms with Crippen LogP contribution in [0.3, 0.4) is 0 Å². The van der Waals surface area contributed by atoms with Gasteiger partial charge in [-0.15, -0.1) is 0 Å². The van der Waals surface area contributed by atoms with Gasteiger partial charge in [0.2, 0.25) is 0 Å². The largest absolute Gasteiger partial charge is 0.469 e. The van der Waals surface area contributed by atoms with Gasteiger partial charge < -0.3 is 4.74 Å². The molecule has 110 valence electrons. The van der Waals surface area contributed by atoms with E-state index in [1.54, 1.807) is 0 Å². The van der Waals surface area contributed by atoms with Gasteiger partial charge in [0.15, 0.2) is 5.78 Å². The highest BCUT2D eigenvalue weighted by molar-refractivity contribution is 9.10. The summed E-state index contributed by atoms with van der Waals surface area (Å²) in [7, 11) is 1.22. The number of Topliss-reactive ketones (excluding diaryl/α,β-unsaturated/α-hetero) is 1. The van der Waals surface area contributed by atoms with E-state index in [1.807, 2.05) is 0 Å². The van der Waals surface area contributed by atoms with Crippen LogP contribution in [-0.4, -0.2) is 23.8 Å². The third-order valence-corrected chi connectivity index (χ3v) is 3.05. The van der Waals surface area contributed by atoms with E-state index >= 15 is 0 Å². The molecule has 0 aliphatic heterocycles. The third-order valence-electron chi connectivity index (χ3n) is 2.41. The van der Waals surface area contributed by atoms with Crippen molar-refractivity contribution in [2.45, 2.75) is 25.4 Å². The Morgan fingerprint density at radius 2 is 1.95 bits per heavy atom. The van der Waals surface area contributed by atoms with E-state index in [4.69, 9.17) is 0 Å². The van der Waals surface area contributed by atoms with Gasteiger partial charge in [0.25, 0.3) is 0 Å². The number of carbonyl (C=O) groups is 2. The molecule has 4 nitrogen and oxygen atoms in total. The Bertz CT molecular complexity index is 517. The van der Waals surface area contributed by atoms with Crippen LogP contribution in [0.2, 0.25) is 0 Å². The Kier molecular flexibility index (Phi) is 5.67. The average molecular weight is 354 g/mol. The minimum atomic E-state index is -4.61. The van der Waals surface area contributed by atoms with Crippen molar-refractivity contribution in [1.29, 1.82) is 0 Å². The molecule has 0 saturated carbocycles. The minimum Gasteiger partial charge on any atom is -0.469 e. The molecule has 0 bridgehead atoms. The summed E-state index contributed by atoms with van der Waals surface area (Å²) in [5.41, 5.74) is -1.42. The molecule has 0 unspecified atom stereocenters. The van der Waals surface area contributed by atoms with E-state index in [0.29, 0.717) is 0 Å². The first kappa shape index (κ1) is 16.6. The van der Waals surface area contributed by atoms with Crippen molar-refractivity contribution in [2.75, 3.05) is 7.11 Å². The van der Waals surface area contributed by atoms with Crippen LogP contribution in [0, 0.1) is 0 Å². The summed E-state index contributed by atoms with van der Waals surface area (Å²) in [5, 5.41) is 0. The first-order valence-corrected chi connectivity index (χ1v) is 6.38. The fourth-order valence-electron chi connectivity index (χ4n) is 1.41. The molecule has 20 heavy (non-hydrogen) atoms. The number of alkyl halides is 3. The predicted octanol–water partition coefficient (Wildman–Crippen LogP) is 3.39. The Morgan fingerprint density at radius 3 is 2.50 bits per heavy atom. The molecule has 1 rings (SSSR count). The fraction of sp³-hybridized carbons (Fsp3) is 0.417. The first-order chi connectivity index (χ1) is 9.25. The number of rotatable bonds is 5. The number of ketones is 1. The van der Waals surface area contributed by atoms with Crippen molar-refractivity contribution in [2.24, 2.45) is 0 Å². The van der Waals surface area contributed by atoms with E-state index in [2.05, 4.69) is 25.7 Å². The number of hydrogen-bond donors (Lipinski definition) is 0. The number of carbonyl (C=O) groups excluding carboxylic acids is 2. The van der Waals surface area contributed by atoms with Gasteiger partial charge in [-0.05, 0) is 34.5 Å². The number of ether oxygens (including phenoxy) is 1. The van der Waals surface area contributed by atoms with Gasteiger partial charge >= 0.3 is 12.1 Å². The lowest BCUT2D eigenvalue weighted by molar-refractivity contribution is -0.141. The van der Waals surface area contributed by atoms with E-state index in [9.17, 15) is 22.8 Å². The predicted molar refractivity (Wildman–Crippen MR) is 67.1 cm³/mol. The lowest BCUT2D eigenvalue weighted by Crippen LogP contribution is -2.13. The lowest BCUT2D eigenvalue weighted by atomic mass is 10.1. The molecule has 1 aromatic heterocycles. The molecule has 0 aliphatic rings. The number of hydrogen-bond acceptors (Lipinski definition) is 4. The molecule has 1 heterocycles. The average Bonchev–Trinajstić information content (AvgIpc) is 2.37. The summed E-state index contributed by atoms with van der Waals surface area (Å²) in [4.78, 5) is 26.0. The molecule has 8 heteroatoms. The smallest absolute Gasteiger partial charge is 0.433 e. The Morgan fingerprint density at radius 1 is 1.30 bits per heavy atom. The van der Waals surface area contributed by atoms with Gasteiger partial charge in [0, 0.05) is 17.3 Å². The minimum absolute atomic E-state index is 0.0266. The second-order valence-electron chi connectivity index (χ2n) is 3.88. The summed E-state index contributed by atoms with van der Waals surface area (Å²) in [6.07, 6.45) is -4.47. The maximum atomic E-state index is 12.5. The summed E-state index contributed by atoms with van der Waals surface area (Å²) < 4.78 is 42.1. The highest BCUT2D eigenvalue weighted by atomic mass is 79.9. The topological polar surface area (TPSA) is 56.3 Å². The summed E-state index contributed by atoms with van der Waals surface area (Å²) in [6.45, 7) is 0. The number of esters is 1. The van der Waals surface area contributed by atoms with Gasteiger partial charge in [0.05, 0.1) is 7.11 Å². The summed E-state index contributed by atoms with van der Waals surface area (Å²) >= 11 is 2.99. The van der Waals surface area contributed by atoms with Crippen LogP contribution in [0.4, 0.5) is 13.2 Å². The molecule has 0 aliphatic carbocycles. The van der Waals surface area contributed by atoms with Crippen molar-refractivity contribution < 1.29 is 27.5 Å². The molecule has 0 N–H and O–H groups in total. The van der Waals surface area contributed by atoms with Crippen LogP contribution in [0.25, 0.3) is 0 Å². The molecular weight excluding hydrogens is 343 g/mol.